The summed E-state index contributed by atoms with van der Waals surface area (Å²) in [6.45, 7) is 0.554. The predicted molar refractivity (Wildman–Crippen MR) is 91.0 cm³/mol. The largest absolute Gasteiger partial charge is 0.497 e. The van der Waals surface area contributed by atoms with Crippen molar-refractivity contribution in [3.63, 3.8) is 0 Å². The molecule has 2 aromatic carbocycles. The number of carbonyl (C=O) groups excluding carboxylic acids is 2. The molecule has 0 spiro atoms. The minimum Gasteiger partial charge on any atom is -0.497 e. The first-order chi connectivity index (χ1) is 11.6. The first kappa shape index (κ1) is 17.3. The SMILES string of the molecule is COC(=O)NC(=O)CN(Cc1ccccc1)c1ccc(OC)cc1. The van der Waals surface area contributed by atoms with E-state index in [0.717, 1.165) is 17.0 Å². The average Bonchev–Trinajstić information content (AvgIpc) is 2.62. The Hall–Kier alpha value is -3.02. The van der Waals surface area contributed by atoms with Crippen LogP contribution < -0.4 is 15.0 Å². The van der Waals surface area contributed by atoms with Crippen LogP contribution in [-0.2, 0) is 16.1 Å². The summed E-state index contributed by atoms with van der Waals surface area (Å²) in [4.78, 5) is 25.1. The quantitative estimate of drug-likeness (QED) is 0.883. The number of nitrogens with one attached hydrogen (secondary N) is 1. The first-order valence-corrected chi connectivity index (χ1v) is 7.43. The molecule has 1 N–H and O–H groups in total. The van der Waals surface area contributed by atoms with Crippen molar-refractivity contribution in [1.82, 2.24) is 5.32 Å². The molecule has 0 bridgehead atoms. The van der Waals surface area contributed by atoms with Crippen molar-refractivity contribution in [2.24, 2.45) is 0 Å². The maximum Gasteiger partial charge on any atom is 0.413 e. The third-order valence-electron chi connectivity index (χ3n) is 3.42. The zero-order chi connectivity index (χ0) is 17.4. The smallest absolute Gasteiger partial charge is 0.413 e. The number of methoxy groups -OCH3 is 2. The van der Waals surface area contributed by atoms with Gasteiger partial charge in [0.15, 0.2) is 0 Å². The van der Waals surface area contributed by atoms with E-state index in [9.17, 15) is 9.59 Å². The lowest BCUT2D eigenvalue weighted by Gasteiger charge is -2.24. The summed E-state index contributed by atoms with van der Waals surface area (Å²) in [5.74, 6) is 0.297. The number of benzene rings is 2. The molecule has 0 aliphatic carbocycles. The summed E-state index contributed by atoms with van der Waals surface area (Å²) in [6, 6.07) is 17.2. The van der Waals surface area contributed by atoms with Gasteiger partial charge in [-0.1, -0.05) is 30.3 Å². The predicted octanol–water partition coefficient (Wildman–Crippen LogP) is 2.58. The molecule has 6 heteroatoms. The fourth-order valence-corrected chi connectivity index (χ4v) is 2.21. The van der Waals surface area contributed by atoms with E-state index in [2.05, 4.69) is 10.1 Å². The van der Waals surface area contributed by atoms with Gasteiger partial charge in [0.1, 0.15) is 5.75 Å². The highest BCUT2D eigenvalue weighted by Gasteiger charge is 2.15. The Labute approximate surface area is 141 Å². The summed E-state index contributed by atoms with van der Waals surface area (Å²) in [6.07, 6.45) is -0.769. The molecule has 6 nitrogen and oxygen atoms in total. The highest BCUT2D eigenvalue weighted by Crippen LogP contribution is 2.21. The van der Waals surface area contributed by atoms with Gasteiger partial charge in [0, 0.05) is 12.2 Å². The average molecular weight is 328 g/mol. The van der Waals surface area contributed by atoms with Crippen molar-refractivity contribution >= 4 is 17.7 Å². The number of anilines is 1. The van der Waals surface area contributed by atoms with Gasteiger partial charge in [-0.25, -0.2) is 4.79 Å². The molecule has 0 saturated carbocycles. The molecule has 0 aliphatic rings. The summed E-state index contributed by atoms with van der Waals surface area (Å²) in [5, 5.41) is 2.17. The van der Waals surface area contributed by atoms with E-state index in [4.69, 9.17) is 4.74 Å². The third-order valence-corrected chi connectivity index (χ3v) is 3.42. The number of hydrogen-bond acceptors (Lipinski definition) is 5. The second kappa shape index (κ2) is 8.57. The van der Waals surface area contributed by atoms with E-state index >= 15 is 0 Å². The van der Waals surface area contributed by atoms with Gasteiger partial charge in [-0.05, 0) is 29.8 Å². The molecule has 2 rings (SSSR count). The maximum atomic E-state index is 12.0. The van der Waals surface area contributed by atoms with Crippen molar-refractivity contribution in [2.75, 3.05) is 25.7 Å². The molecule has 0 aliphatic heterocycles. The molecular weight excluding hydrogens is 308 g/mol. The van der Waals surface area contributed by atoms with Crippen molar-refractivity contribution in [2.45, 2.75) is 6.54 Å². The van der Waals surface area contributed by atoms with Gasteiger partial charge in [-0.15, -0.1) is 0 Å². The van der Waals surface area contributed by atoms with Gasteiger partial charge in [-0.2, -0.15) is 0 Å². The standard InChI is InChI=1S/C18H20N2O4/c1-23-16-10-8-15(9-11-16)20(12-14-6-4-3-5-7-14)13-17(21)19-18(22)24-2/h3-11H,12-13H2,1-2H3,(H,19,21,22). The van der Waals surface area contributed by atoms with Crippen LogP contribution in [0.4, 0.5) is 10.5 Å². The highest BCUT2D eigenvalue weighted by molar-refractivity contribution is 5.94. The second-order valence-corrected chi connectivity index (χ2v) is 5.08. The number of imide groups is 1. The first-order valence-electron chi connectivity index (χ1n) is 7.43. The molecule has 0 heterocycles. The molecule has 24 heavy (non-hydrogen) atoms. The summed E-state index contributed by atoms with van der Waals surface area (Å²) >= 11 is 0. The fourth-order valence-electron chi connectivity index (χ4n) is 2.21. The number of carbonyl (C=O) groups is 2. The second-order valence-electron chi connectivity index (χ2n) is 5.08. The normalized spacial score (nSPS) is 9.92. The van der Waals surface area contributed by atoms with Gasteiger partial charge in [0.25, 0.3) is 0 Å². The van der Waals surface area contributed by atoms with E-state index < -0.39 is 12.0 Å². The third kappa shape index (κ3) is 5.01. The van der Waals surface area contributed by atoms with Crippen molar-refractivity contribution < 1.29 is 19.1 Å². The number of alkyl carbamates (subject to hydrolysis) is 1. The lowest BCUT2D eigenvalue weighted by Crippen LogP contribution is -2.39. The van der Waals surface area contributed by atoms with Crippen LogP contribution in [0.2, 0.25) is 0 Å². The Kier molecular flexibility index (Phi) is 6.19. The minimum absolute atomic E-state index is 0.0241. The van der Waals surface area contributed by atoms with Gasteiger partial charge >= 0.3 is 6.09 Å². The maximum absolute atomic E-state index is 12.0. The molecule has 0 aromatic heterocycles. The van der Waals surface area contributed by atoms with E-state index in [-0.39, 0.29) is 6.54 Å². The Morgan fingerprint density at radius 1 is 1.00 bits per heavy atom. The fraction of sp³-hybridized carbons (Fsp3) is 0.222. The molecule has 0 fully saturated rings. The molecular formula is C18H20N2O4. The summed E-state index contributed by atoms with van der Waals surface area (Å²) in [5.41, 5.74) is 1.90. The van der Waals surface area contributed by atoms with Crippen molar-refractivity contribution in [3.8, 4) is 5.75 Å². The summed E-state index contributed by atoms with van der Waals surface area (Å²) in [7, 11) is 2.81. The minimum atomic E-state index is -0.769. The van der Waals surface area contributed by atoms with Gasteiger partial charge in [-0.3, -0.25) is 10.1 Å². The zero-order valence-electron chi connectivity index (χ0n) is 13.7. The summed E-state index contributed by atoms with van der Waals surface area (Å²) < 4.78 is 9.61. The van der Waals surface area contributed by atoms with Crippen LogP contribution in [0.15, 0.2) is 54.6 Å². The van der Waals surface area contributed by atoms with Crippen LogP contribution in [0.5, 0.6) is 5.75 Å². The van der Waals surface area contributed by atoms with Crippen LogP contribution in [0.1, 0.15) is 5.56 Å². The zero-order valence-corrected chi connectivity index (χ0v) is 13.7. The van der Waals surface area contributed by atoms with Gasteiger partial charge < -0.3 is 14.4 Å². The molecule has 2 amide bonds. The van der Waals surface area contributed by atoms with E-state index in [1.165, 1.54) is 7.11 Å². The van der Waals surface area contributed by atoms with Gasteiger partial charge in [0.05, 0.1) is 20.8 Å². The lowest BCUT2D eigenvalue weighted by molar-refractivity contribution is -0.119. The Morgan fingerprint density at radius 2 is 1.67 bits per heavy atom. The molecule has 0 atom stereocenters. The van der Waals surface area contributed by atoms with Crippen molar-refractivity contribution in [3.05, 3.63) is 60.2 Å². The molecule has 0 radical (unpaired) electrons. The number of amides is 2. The van der Waals surface area contributed by atoms with Crippen LogP contribution in [-0.4, -0.2) is 32.8 Å². The Bertz CT molecular complexity index is 671. The van der Waals surface area contributed by atoms with E-state index in [0.29, 0.717) is 6.54 Å². The highest BCUT2D eigenvalue weighted by atomic mass is 16.5. The van der Waals surface area contributed by atoms with Crippen LogP contribution in [0.3, 0.4) is 0 Å². The van der Waals surface area contributed by atoms with E-state index in [1.54, 1.807) is 7.11 Å². The molecule has 126 valence electrons. The monoisotopic (exact) mass is 328 g/mol. The molecule has 2 aromatic rings. The molecule has 0 saturated heterocycles. The lowest BCUT2D eigenvalue weighted by atomic mass is 10.2. The van der Waals surface area contributed by atoms with Crippen molar-refractivity contribution in [1.29, 1.82) is 0 Å². The van der Waals surface area contributed by atoms with Crippen LogP contribution >= 0.6 is 0 Å². The molecule has 0 unspecified atom stereocenters. The van der Waals surface area contributed by atoms with Gasteiger partial charge in [0.2, 0.25) is 5.91 Å². The number of ether oxygens (including phenoxy) is 2. The number of rotatable bonds is 6. The van der Waals surface area contributed by atoms with E-state index in [1.807, 2.05) is 59.5 Å². The Morgan fingerprint density at radius 3 is 2.25 bits per heavy atom. The number of hydrogen-bond donors (Lipinski definition) is 1. The topological polar surface area (TPSA) is 67.9 Å². The number of nitrogens with zero attached hydrogens (tertiary/aromatic N) is 1. The van der Waals surface area contributed by atoms with Crippen LogP contribution in [0.25, 0.3) is 0 Å². The van der Waals surface area contributed by atoms with Crippen LogP contribution in [0, 0.1) is 0 Å². The Balaban J connectivity index is 2.16.